The van der Waals surface area contributed by atoms with Crippen molar-refractivity contribution in [1.82, 2.24) is 9.80 Å². The van der Waals surface area contributed by atoms with Crippen LogP contribution >= 0.6 is 0 Å². The van der Waals surface area contributed by atoms with Gasteiger partial charge >= 0.3 is 6.09 Å². The summed E-state index contributed by atoms with van der Waals surface area (Å²) in [5.74, 6) is -0.634. The highest BCUT2D eigenvalue weighted by molar-refractivity contribution is 6.21. The summed E-state index contributed by atoms with van der Waals surface area (Å²) in [6.45, 7) is 9.60. The number of nitrogens with zero attached hydrogens (tertiary/aromatic N) is 2. The van der Waals surface area contributed by atoms with Gasteiger partial charge in [0.25, 0.3) is 11.8 Å². The highest BCUT2D eigenvalue weighted by Crippen LogP contribution is 2.23. The lowest BCUT2D eigenvalue weighted by molar-refractivity contribution is 0.0151. The second-order valence-corrected chi connectivity index (χ2v) is 6.88. The van der Waals surface area contributed by atoms with Crippen LogP contribution in [0.15, 0.2) is 24.3 Å². The average Bonchev–Trinajstić information content (AvgIpc) is 2.72. The van der Waals surface area contributed by atoms with E-state index in [0.717, 1.165) is 0 Å². The SMILES string of the molecule is CCN(C(=O)OC(C)(C)C)C(C)CN1C(=O)c2ccccc2C1=O. The zero-order valence-electron chi connectivity index (χ0n) is 14.8. The quantitative estimate of drug-likeness (QED) is 0.795. The molecule has 1 unspecified atom stereocenters. The normalized spacial score (nSPS) is 15.3. The number of fused-ring (bicyclic) bond motifs is 1. The minimum Gasteiger partial charge on any atom is -0.444 e. The number of hydrogen-bond donors (Lipinski definition) is 0. The van der Waals surface area contributed by atoms with E-state index in [0.29, 0.717) is 17.7 Å². The lowest BCUT2D eigenvalue weighted by atomic mass is 10.1. The number of ether oxygens (including phenoxy) is 1. The minimum atomic E-state index is -0.597. The molecule has 1 aliphatic heterocycles. The highest BCUT2D eigenvalue weighted by atomic mass is 16.6. The molecule has 1 atom stereocenters. The number of rotatable bonds is 4. The Morgan fingerprint density at radius 2 is 1.67 bits per heavy atom. The molecule has 130 valence electrons. The van der Waals surface area contributed by atoms with E-state index in [2.05, 4.69) is 0 Å². The monoisotopic (exact) mass is 332 g/mol. The van der Waals surface area contributed by atoms with Crippen molar-refractivity contribution in [2.45, 2.75) is 46.3 Å². The smallest absolute Gasteiger partial charge is 0.410 e. The molecule has 6 heteroatoms. The largest absolute Gasteiger partial charge is 0.444 e. The molecule has 3 amide bonds. The van der Waals surface area contributed by atoms with Crippen LogP contribution < -0.4 is 0 Å². The van der Waals surface area contributed by atoms with Crippen molar-refractivity contribution in [1.29, 1.82) is 0 Å². The Kier molecular flexibility index (Phi) is 4.96. The van der Waals surface area contributed by atoms with Gasteiger partial charge in [0, 0.05) is 13.1 Å². The van der Waals surface area contributed by atoms with Crippen LogP contribution in [-0.4, -0.2) is 52.4 Å². The first-order valence-electron chi connectivity index (χ1n) is 8.10. The van der Waals surface area contributed by atoms with E-state index < -0.39 is 11.7 Å². The van der Waals surface area contributed by atoms with Crippen LogP contribution in [-0.2, 0) is 4.74 Å². The predicted octanol–water partition coefficient (Wildman–Crippen LogP) is 2.93. The zero-order valence-corrected chi connectivity index (χ0v) is 14.8. The van der Waals surface area contributed by atoms with Crippen molar-refractivity contribution < 1.29 is 19.1 Å². The first kappa shape index (κ1) is 18.0. The zero-order chi connectivity index (χ0) is 18.1. The molecule has 1 heterocycles. The van der Waals surface area contributed by atoms with Gasteiger partial charge in [0.1, 0.15) is 5.60 Å². The van der Waals surface area contributed by atoms with Gasteiger partial charge in [-0.05, 0) is 46.8 Å². The Balaban J connectivity index is 2.11. The van der Waals surface area contributed by atoms with E-state index in [1.807, 2.05) is 6.92 Å². The maximum atomic E-state index is 12.4. The molecule has 6 nitrogen and oxygen atoms in total. The number of likely N-dealkylation sites (N-methyl/N-ethyl adjacent to an activating group) is 1. The van der Waals surface area contributed by atoms with Crippen molar-refractivity contribution in [3.8, 4) is 0 Å². The number of carbonyl (C=O) groups excluding carboxylic acids is 3. The summed E-state index contributed by atoms with van der Waals surface area (Å²) in [5.41, 5.74) is 0.227. The molecule has 0 aromatic heterocycles. The van der Waals surface area contributed by atoms with E-state index in [1.165, 1.54) is 9.80 Å². The Morgan fingerprint density at radius 1 is 1.17 bits per heavy atom. The molecule has 0 fully saturated rings. The molecule has 0 saturated carbocycles. The molecule has 2 rings (SSSR count). The maximum absolute atomic E-state index is 12.4. The summed E-state index contributed by atoms with van der Waals surface area (Å²) in [6.07, 6.45) is -0.450. The van der Waals surface area contributed by atoms with E-state index in [9.17, 15) is 14.4 Å². The van der Waals surface area contributed by atoms with Crippen molar-refractivity contribution in [2.24, 2.45) is 0 Å². The summed E-state index contributed by atoms with van der Waals surface area (Å²) in [5, 5.41) is 0. The Morgan fingerprint density at radius 3 is 2.08 bits per heavy atom. The number of imide groups is 1. The molecular formula is C18H24N2O4. The first-order chi connectivity index (χ1) is 11.2. The Hall–Kier alpha value is -2.37. The number of hydrogen-bond acceptors (Lipinski definition) is 4. The van der Waals surface area contributed by atoms with Gasteiger partial charge in [0.15, 0.2) is 0 Å². The van der Waals surface area contributed by atoms with Gasteiger partial charge in [0.2, 0.25) is 0 Å². The number of carbonyl (C=O) groups is 3. The second-order valence-electron chi connectivity index (χ2n) is 6.88. The fraction of sp³-hybridized carbons (Fsp3) is 0.500. The van der Waals surface area contributed by atoms with Crippen LogP contribution in [0.5, 0.6) is 0 Å². The highest BCUT2D eigenvalue weighted by Gasteiger charge is 2.37. The van der Waals surface area contributed by atoms with Crippen LogP contribution in [0.2, 0.25) is 0 Å². The summed E-state index contributed by atoms with van der Waals surface area (Å²) < 4.78 is 5.39. The molecule has 0 N–H and O–H groups in total. The van der Waals surface area contributed by atoms with Crippen molar-refractivity contribution in [2.75, 3.05) is 13.1 Å². The van der Waals surface area contributed by atoms with Gasteiger partial charge in [-0.1, -0.05) is 12.1 Å². The fourth-order valence-electron chi connectivity index (χ4n) is 2.71. The summed E-state index contributed by atoms with van der Waals surface area (Å²) in [4.78, 5) is 39.9. The van der Waals surface area contributed by atoms with Crippen LogP contribution in [0.25, 0.3) is 0 Å². The van der Waals surface area contributed by atoms with Crippen LogP contribution in [0, 0.1) is 0 Å². The lowest BCUT2D eigenvalue weighted by Gasteiger charge is -2.32. The van der Waals surface area contributed by atoms with E-state index >= 15 is 0 Å². The molecule has 1 aromatic rings. The molecule has 1 aromatic carbocycles. The van der Waals surface area contributed by atoms with Crippen LogP contribution in [0.3, 0.4) is 0 Å². The summed E-state index contributed by atoms with van der Waals surface area (Å²) in [7, 11) is 0. The minimum absolute atomic E-state index is 0.138. The molecule has 0 saturated heterocycles. The van der Waals surface area contributed by atoms with E-state index in [-0.39, 0.29) is 24.4 Å². The van der Waals surface area contributed by atoms with Crippen molar-refractivity contribution in [3.63, 3.8) is 0 Å². The number of amides is 3. The van der Waals surface area contributed by atoms with Crippen molar-refractivity contribution >= 4 is 17.9 Å². The van der Waals surface area contributed by atoms with Crippen LogP contribution in [0.4, 0.5) is 4.79 Å². The molecule has 24 heavy (non-hydrogen) atoms. The first-order valence-corrected chi connectivity index (χ1v) is 8.10. The summed E-state index contributed by atoms with van der Waals surface area (Å²) in [6, 6.07) is 6.41. The van der Waals surface area contributed by atoms with E-state index in [1.54, 1.807) is 52.0 Å². The molecule has 0 radical (unpaired) electrons. The summed E-state index contributed by atoms with van der Waals surface area (Å²) >= 11 is 0. The molecule has 0 spiro atoms. The average molecular weight is 332 g/mol. The van der Waals surface area contributed by atoms with Crippen molar-refractivity contribution in [3.05, 3.63) is 35.4 Å². The molecule has 1 aliphatic rings. The third-order valence-corrected chi connectivity index (χ3v) is 3.83. The van der Waals surface area contributed by atoms with Crippen LogP contribution in [0.1, 0.15) is 55.3 Å². The topological polar surface area (TPSA) is 66.9 Å². The molecule has 0 bridgehead atoms. The Labute approximate surface area is 142 Å². The third kappa shape index (κ3) is 3.58. The standard InChI is InChI=1S/C18H24N2O4/c1-6-19(17(23)24-18(3,4)5)12(2)11-20-15(21)13-9-7-8-10-14(13)16(20)22/h7-10,12H,6,11H2,1-5H3. The van der Waals surface area contributed by atoms with Gasteiger partial charge < -0.3 is 9.64 Å². The predicted molar refractivity (Wildman–Crippen MR) is 89.9 cm³/mol. The maximum Gasteiger partial charge on any atom is 0.410 e. The third-order valence-electron chi connectivity index (χ3n) is 3.83. The van der Waals surface area contributed by atoms with Gasteiger partial charge in [-0.2, -0.15) is 0 Å². The fourth-order valence-corrected chi connectivity index (χ4v) is 2.71. The van der Waals surface area contributed by atoms with Gasteiger partial charge in [-0.25, -0.2) is 4.79 Å². The van der Waals surface area contributed by atoms with Gasteiger partial charge in [-0.3, -0.25) is 14.5 Å². The van der Waals surface area contributed by atoms with E-state index in [4.69, 9.17) is 4.74 Å². The molecular weight excluding hydrogens is 308 g/mol. The number of benzene rings is 1. The lowest BCUT2D eigenvalue weighted by Crippen LogP contribution is -2.48. The van der Waals surface area contributed by atoms with Gasteiger partial charge in [0.05, 0.1) is 17.2 Å². The van der Waals surface area contributed by atoms with Gasteiger partial charge in [-0.15, -0.1) is 0 Å². The molecule has 0 aliphatic carbocycles. The Bertz CT molecular complexity index is 628. The second kappa shape index (κ2) is 6.63.